The van der Waals surface area contributed by atoms with E-state index in [9.17, 15) is 4.79 Å². The highest BCUT2D eigenvalue weighted by atomic mass is 16.5. The van der Waals surface area contributed by atoms with Crippen LogP contribution in [0.25, 0.3) is 11.3 Å². The van der Waals surface area contributed by atoms with Gasteiger partial charge in [-0.15, -0.1) is 0 Å². The smallest absolute Gasteiger partial charge is 0.354 e. The first-order chi connectivity index (χ1) is 7.81. The molecule has 0 fully saturated rings. The molecule has 2 heterocycles. The molecule has 2 aromatic rings. The number of aromatic nitrogens is 2. The Hall–Kier alpha value is -2.10. The predicted molar refractivity (Wildman–Crippen MR) is 60.0 cm³/mol. The van der Waals surface area contributed by atoms with Gasteiger partial charge >= 0.3 is 5.97 Å². The Morgan fingerprint density at radius 2 is 2.31 bits per heavy atom. The zero-order valence-electron chi connectivity index (χ0n) is 8.93. The zero-order chi connectivity index (χ0) is 11.4. The Morgan fingerprint density at radius 3 is 3.00 bits per heavy atom. The quantitative estimate of drug-likeness (QED) is 0.800. The number of carbonyl (C=O) groups is 1. The molecule has 82 valence electrons. The molecule has 0 radical (unpaired) electrons. The summed E-state index contributed by atoms with van der Waals surface area (Å²) in [5.74, 6) is -0.336. The van der Waals surface area contributed by atoms with E-state index in [0.29, 0.717) is 12.3 Å². The second kappa shape index (κ2) is 4.61. The van der Waals surface area contributed by atoms with E-state index in [1.807, 2.05) is 18.2 Å². The van der Waals surface area contributed by atoms with Crippen molar-refractivity contribution in [1.82, 2.24) is 9.97 Å². The fourth-order valence-corrected chi connectivity index (χ4v) is 1.41. The molecular weight excluding hydrogens is 204 g/mol. The van der Waals surface area contributed by atoms with Gasteiger partial charge in [0.05, 0.1) is 6.61 Å². The van der Waals surface area contributed by atoms with Crippen LogP contribution in [0.2, 0.25) is 0 Å². The Kier molecular flexibility index (Phi) is 3.00. The summed E-state index contributed by atoms with van der Waals surface area (Å²) >= 11 is 0. The second-order valence-electron chi connectivity index (χ2n) is 3.25. The minimum Gasteiger partial charge on any atom is -0.461 e. The molecule has 0 aliphatic carbocycles. The first-order valence-electron chi connectivity index (χ1n) is 5.08. The number of nitrogens with zero attached hydrogens (tertiary/aromatic N) is 1. The van der Waals surface area contributed by atoms with Gasteiger partial charge < -0.3 is 9.72 Å². The first-order valence-corrected chi connectivity index (χ1v) is 5.08. The van der Waals surface area contributed by atoms with Crippen LogP contribution in [0.5, 0.6) is 0 Å². The van der Waals surface area contributed by atoms with Gasteiger partial charge in [-0.05, 0) is 31.2 Å². The maximum atomic E-state index is 11.4. The Labute approximate surface area is 93.3 Å². The topological polar surface area (TPSA) is 55.0 Å². The number of nitrogens with one attached hydrogen (secondary N) is 1. The Bertz CT molecular complexity index is 477. The molecule has 0 atom stereocenters. The summed E-state index contributed by atoms with van der Waals surface area (Å²) in [7, 11) is 0. The van der Waals surface area contributed by atoms with Crippen molar-refractivity contribution in [3.63, 3.8) is 0 Å². The monoisotopic (exact) mass is 216 g/mol. The number of ether oxygens (including phenoxy) is 1. The number of aromatic amines is 1. The number of H-pyrrole nitrogens is 1. The van der Waals surface area contributed by atoms with Crippen LogP contribution >= 0.6 is 0 Å². The average molecular weight is 216 g/mol. The Balaban J connectivity index is 2.23. The van der Waals surface area contributed by atoms with E-state index < -0.39 is 0 Å². The number of hydrogen-bond acceptors (Lipinski definition) is 3. The maximum absolute atomic E-state index is 11.4. The van der Waals surface area contributed by atoms with Crippen LogP contribution in [0, 0.1) is 0 Å². The molecule has 0 bridgehead atoms. The summed E-state index contributed by atoms with van der Waals surface area (Å²) in [5.41, 5.74) is 2.26. The molecule has 0 aliphatic rings. The molecule has 0 aromatic carbocycles. The van der Waals surface area contributed by atoms with Crippen LogP contribution in [0.15, 0.2) is 36.7 Å². The van der Waals surface area contributed by atoms with Crippen LogP contribution in [-0.2, 0) is 4.74 Å². The summed E-state index contributed by atoms with van der Waals surface area (Å²) in [6.45, 7) is 2.16. The number of pyridine rings is 1. The van der Waals surface area contributed by atoms with Crippen molar-refractivity contribution in [2.24, 2.45) is 0 Å². The molecule has 1 N–H and O–H groups in total. The normalized spacial score (nSPS) is 10.1. The highest BCUT2D eigenvalue weighted by Gasteiger charge is 2.09. The Morgan fingerprint density at radius 1 is 1.44 bits per heavy atom. The fourth-order valence-electron chi connectivity index (χ4n) is 1.41. The summed E-state index contributed by atoms with van der Waals surface area (Å²) < 4.78 is 4.89. The summed E-state index contributed by atoms with van der Waals surface area (Å²) in [6, 6.07) is 7.32. The number of hydrogen-bond donors (Lipinski definition) is 1. The minimum atomic E-state index is -0.336. The number of esters is 1. The van der Waals surface area contributed by atoms with Gasteiger partial charge in [0.2, 0.25) is 0 Å². The third-order valence-electron chi connectivity index (χ3n) is 2.15. The van der Waals surface area contributed by atoms with E-state index in [-0.39, 0.29) is 5.97 Å². The van der Waals surface area contributed by atoms with E-state index in [2.05, 4.69) is 9.97 Å². The standard InChI is InChI=1S/C12H12N2O2/c1-2-16-12(15)11-6-5-10(14-11)9-4-3-7-13-8-9/h3-8,14H,2H2,1H3. The molecule has 4 heteroatoms. The highest BCUT2D eigenvalue weighted by molar-refractivity contribution is 5.88. The SMILES string of the molecule is CCOC(=O)c1ccc(-c2cccnc2)[nH]1. The third kappa shape index (κ3) is 2.11. The predicted octanol–water partition coefficient (Wildman–Crippen LogP) is 2.25. The summed E-state index contributed by atoms with van der Waals surface area (Å²) in [6.07, 6.45) is 3.44. The largest absolute Gasteiger partial charge is 0.461 e. The summed E-state index contributed by atoms with van der Waals surface area (Å²) in [5, 5.41) is 0. The lowest BCUT2D eigenvalue weighted by Crippen LogP contribution is -2.04. The molecule has 2 rings (SSSR count). The summed E-state index contributed by atoms with van der Waals surface area (Å²) in [4.78, 5) is 18.4. The van der Waals surface area contributed by atoms with Crippen molar-refractivity contribution < 1.29 is 9.53 Å². The molecule has 0 spiro atoms. The molecule has 4 nitrogen and oxygen atoms in total. The van der Waals surface area contributed by atoms with Gasteiger partial charge in [0.25, 0.3) is 0 Å². The van der Waals surface area contributed by atoms with Crippen molar-refractivity contribution in [3.05, 3.63) is 42.4 Å². The van der Waals surface area contributed by atoms with E-state index in [1.165, 1.54) is 0 Å². The van der Waals surface area contributed by atoms with Gasteiger partial charge in [-0.1, -0.05) is 0 Å². The lowest BCUT2D eigenvalue weighted by Gasteiger charge is -1.98. The van der Waals surface area contributed by atoms with Gasteiger partial charge in [-0.3, -0.25) is 4.98 Å². The van der Waals surface area contributed by atoms with Crippen molar-refractivity contribution in [3.8, 4) is 11.3 Å². The molecule has 16 heavy (non-hydrogen) atoms. The molecule has 0 unspecified atom stereocenters. The van der Waals surface area contributed by atoms with Crippen molar-refractivity contribution in [1.29, 1.82) is 0 Å². The molecule has 0 saturated heterocycles. The maximum Gasteiger partial charge on any atom is 0.354 e. The van der Waals surface area contributed by atoms with Gasteiger partial charge in [-0.25, -0.2) is 4.79 Å². The molecule has 0 amide bonds. The fraction of sp³-hybridized carbons (Fsp3) is 0.167. The molecular formula is C12H12N2O2. The molecule has 0 aliphatic heterocycles. The molecule has 0 saturated carbocycles. The minimum absolute atomic E-state index is 0.336. The van der Waals surface area contributed by atoms with E-state index in [4.69, 9.17) is 4.74 Å². The van der Waals surface area contributed by atoms with E-state index in [0.717, 1.165) is 11.3 Å². The van der Waals surface area contributed by atoms with Crippen LogP contribution < -0.4 is 0 Å². The van der Waals surface area contributed by atoms with Crippen molar-refractivity contribution in [2.45, 2.75) is 6.92 Å². The lowest BCUT2D eigenvalue weighted by atomic mass is 10.2. The zero-order valence-corrected chi connectivity index (χ0v) is 8.93. The third-order valence-corrected chi connectivity index (χ3v) is 2.15. The van der Waals surface area contributed by atoms with E-state index in [1.54, 1.807) is 25.4 Å². The van der Waals surface area contributed by atoms with Crippen LogP contribution in [0.4, 0.5) is 0 Å². The van der Waals surface area contributed by atoms with Gasteiger partial charge in [0, 0.05) is 23.7 Å². The lowest BCUT2D eigenvalue weighted by molar-refractivity contribution is 0.0520. The first kappa shape index (κ1) is 10.4. The van der Waals surface area contributed by atoms with Crippen molar-refractivity contribution in [2.75, 3.05) is 6.61 Å². The average Bonchev–Trinajstić information content (AvgIpc) is 2.80. The van der Waals surface area contributed by atoms with Gasteiger partial charge in [0.15, 0.2) is 0 Å². The van der Waals surface area contributed by atoms with Crippen LogP contribution in [0.3, 0.4) is 0 Å². The van der Waals surface area contributed by atoms with E-state index >= 15 is 0 Å². The highest BCUT2D eigenvalue weighted by Crippen LogP contribution is 2.17. The van der Waals surface area contributed by atoms with Crippen LogP contribution in [0.1, 0.15) is 17.4 Å². The van der Waals surface area contributed by atoms with Crippen LogP contribution in [-0.4, -0.2) is 22.5 Å². The molecule has 2 aromatic heterocycles. The van der Waals surface area contributed by atoms with Gasteiger partial charge in [0.1, 0.15) is 5.69 Å². The number of carbonyl (C=O) groups excluding carboxylic acids is 1. The van der Waals surface area contributed by atoms with Crippen molar-refractivity contribution >= 4 is 5.97 Å². The second-order valence-corrected chi connectivity index (χ2v) is 3.25. The number of rotatable bonds is 3. The van der Waals surface area contributed by atoms with Gasteiger partial charge in [-0.2, -0.15) is 0 Å².